The minimum atomic E-state index is -3.58. The Labute approximate surface area is 118 Å². The molecule has 2 aromatic heterocycles. The van der Waals surface area contributed by atoms with E-state index in [4.69, 9.17) is 0 Å². The summed E-state index contributed by atoms with van der Waals surface area (Å²) in [6.07, 6.45) is 6.13. The molecule has 1 N–H and O–H groups in total. The molecule has 0 bridgehead atoms. The van der Waals surface area contributed by atoms with E-state index in [1.807, 2.05) is 13.8 Å². The maximum atomic E-state index is 12.3. The summed E-state index contributed by atoms with van der Waals surface area (Å²) in [5.41, 5.74) is 0. The molecule has 0 saturated carbocycles. The molecule has 0 amide bonds. The smallest absolute Gasteiger partial charge is 0.242 e. The SMILES string of the molecule is CC(C)[C@@H](Cn1ccnn1)NS(=O)(=O)c1cccnc1. The summed E-state index contributed by atoms with van der Waals surface area (Å²) in [6.45, 7) is 4.33. The molecule has 0 saturated heterocycles. The van der Waals surface area contributed by atoms with E-state index >= 15 is 0 Å². The fraction of sp³-hybridized carbons (Fsp3) is 0.417. The van der Waals surface area contributed by atoms with Crippen LogP contribution in [0.1, 0.15) is 13.8 Å². The molecule has 0 unspecified atom stereocenters. The van der Waals surface area contributed by atoms with Crippen LogP contribution in [-0.2, 0) is 16.6 Å². The van der Waals surface area contributed by atoms with Crippen LogP contribution in [0.5, 0.6) is 0 Å². The van der Waals surface area contributed by atoms with Crippen molar-refractivity contribution >= 4 is 10.0 Å². The summed E-state index contributed by atoms with van der Waals surface area (Å²) < 4.78 is 28.9. The minimum absolute atomic E-state index is 0.116. The van der Waals surface area contributed by atoms with Crippen molar-refractivity contribution in [3.05, 3.63) is 36.9 Å². The van der Waals surface area contributed by atoms with Crippen LogP contribution in [0.2, 0.25) is 0 Å². The third kappa shape index (κ3) is 3.61. The summed E-state index contributed by atoms with van der Waals surface area (Å²) in [7, 11) is -3.58. The van der Waals surface area contributed by atoms with Gasteiger partial charge in [-0.25, -0.2) is 13.1 Å². The van der Waals surface area contributed by atoms with Gasteiger partial charge in [-0.05, 0) is 18.1 Å². The molecule has 1 atom stereocenters. The highest BCUT2D eigenvalue weighted by molar-refractivity contribution is 7.89. The molecule has 0 radical (unpaired) electrons. The van der Waals surface area contributed by atoms with Gasteiger partial charge in [0, 0.05) is 24.6 Å². The van der Waals surface area contributed by atoms with Crippen molar-refractivity contribution in [2.24, 2.45) is 5.92 Å². The number of pyridine rings is 1. The van der Waals surface area contributed by atoms with Crippen molar-refractivity contribution in [2.75, 3.05) is 0 Å². The molecular formula is C12H17N5O2S. The number of hydrogen-bond acceptors (Lipinski definition) is 5. The lowest BCUT2D eigenvalue weighted by Gasteiger charge is -2.21. The monoisotopic (exact) mass is 295 g/mol. The van der Waals surface area contributed by atoms with Crippen LogP contribution in [0, 0.1) is 5.92 Å². The largest absolute Gasteiger partial charge is 0.263 e. The highest BCUT2D eigenvalue weighted by atomic mass is 32.2. The lowest BCUT2D eigenvalue weighted by atomic mass is 10.1. The average Bonchev–Trinajstić information content (AvgIpc) is 2.91. The topological polar surface area (TPSA) is 89.8 Å². The van der Waals surface area contributed by atoms with Gasteiger partial charge in [0.05, 0.1) is 12.7 Å². The Morgan fingerprint density at radius 2 is 2.15 bits per heavy atom. The van der Waals surface area contributed by atoms with Crippen molar-refractivity contribution < 1.29 is 8.42 Å². The molecule has 0 aliphatic carbocycles. The number of rotatable bonds is 6. The number of nitrogens with one attached hydrogen (secondary N) is 1. The molecule has 0 spiro atoms. The maximum absolute atomic E-state index is 12.3. The number of aromatic nitrogens is 4. The second kappa shape index (κ2) is 6.10. The number of nitrogens with zero attached hydrogens (tertiary/aromatic N) is 4. The van der Waals surface area contributed by atoms with Gasteiger partial charge in [-0.3, -0.25) is 9.67 Å². The third-order valence-electron chi connectivity index (χ3n) is 2.91. The Bertz CT molecular complexity index is 625. The van der Waals surface area contributed by atoms with Crippen LogP contribution in [0.3, 0.4) is 0 Å². The van der Waals surface area contributed by atoms with Crippen LogP contribution in [0.15, 0.2) is 41.8 Å². The lowest BCUT2D eigenvalue weighted by Crippen LogP contribution is -2.41. The van der Waals surface area contributed by atoms with Gasteiger partial charge >= 0.3 is 0 Å². The molecule has 2 heterocycles. The zero-order chi connectivity index (χ0) is 14.6. The van der Waals surface area contributed by atoms with E-state index in [1.54, 1.807) is 23.1 Å². The Morgan fingerprint density at radius 1 is 1.35 bits per heavy atom. The number of hydrogen-bond donors (Lipinski definition) is 1. The quantitative estimate of drug-likeness (QED) is 0.846. The van der Waals surface area contributed by atoms with Crippen LogP contribution in [0.25, 0.3) is 0 Å². The van der Waals surface area contributed by atoms with Gasteiger partial charge in [-0.15, -0.1) is 5.10 Å². The predicted molar refractivity (Wildman–Crippen MR) is 73.2 cm³/mol. The molecule has 7 nitrogen and oxygen atoms in total. The molecule has 0 aliphatic heterocycles. The fourth-order valence-corrected chi connectivity index (χ4v) is 3.03. The summed E-state index contributed by atoms with van der Waals surface area (Å²) in [4.78, 5) is 3.99. The molecule has 20 heavy (non-hydrogen) atoms. The molecule has 0 aliphatic rings. The standard InChI is InChI=1S/C12H17N5O2S/c1-10(2)12(9-17-7-6-14-16-17)15-20(18,19)11-4-3-5-13-8-11/h3-8,10,12,15H,9H2,1-2H3/t12-/m1/s1. The van der Waals surface area contributed by atoms with Gasteiger partial charge < -0.3 is 0 Å². The van der Waals surface area contributed by atoms with E-state index in [1.165, 1.54) is 18.5 Å². The first-order chi connectivity index (χ1) is 9.49. The van der Waals surface area contributed by atoms with E-state index < -0.39 is 10.0 Å². The van der Waals surface area contributed by atoms with Crippen molar-refractivity contribution in [2.45, 2.75) is 31.3 Å². The van der Waals surface area contributed by atoms with E-state index in [-0.39, 0.29) is 16.9 Å². The maximum Gasteiger partial charge on any atom is 0.242 e. The molecule has 108 valence electrons. The summed E-state index contributed by atoms with van der Waals surface area (Å²) in [6, 6.07) is 2.83. The van der Waals surface area contributed by atoms with Gasteiger partial charge in [0.1, 0.15) is 4.90 Å². The van der Waals surface area contributed by atoms with Gasteiger partial charge in [-0.1, -0.05) is 19.1 Å². The van der Waals surface area contributed by atoms with Gasteiger partial charge in [0.2, 0.25) is 10.0 Å². The minimum Gasteiger partial charge on any atom is -0.263 e. The average molecular weight is 295 g/mol. The van der Waals surface area contributed by atoms with E-state index in [9.17, 15) is 8.42 Å². The van der Waals surface area contributed by atoms with E-state index in [0.717, 1.165) is 0 Å². The van der Waals surface area contributed by atoms with Gasteiger partial charge in [-0.2, -0.15) is 0 Å². The Morgan fingerprint density at radius 3 is 2.70 bits per heavy atom. The van der Waals surface area contributed by atoms with Crippen molar-refractivity contribution in [1.82, 2.24) is 24.7 Å². The predicted octanol–water partition coefficient (Wildman–Crippen LogP) is 0.676. The van der Waals surface area contributed by atoms with Crippen LogP contribution in [0.4, 0.5) is 0 Å². The zero-order valence-electron chi connectivity index (χ0n) is 11.3. The molecular weight excluding hydrogens is 278 g/mol. The van der Waals surface area contributed by atoms with Crippen molar-refractivity contribution in [3.8, 4) is 0 Å². The highest BCUT2D eigenvalue weighted by Crippen LogP contribution is 2.11. The van der Waals surface area contributed by atoms with Crippen LogP contribution >= 0.6 is 0 Å². The second-order valence-corrected chi connectivity index (χ2v) is 6.50. The second-order valence-electron chi connectivity index (χ2n) is 4.79. The summed E-state index contributed by atoms with van der Waals surface area (Å²) in [5.74, 6) is 0.116. The summed E-state index contributed by atoms with van der Waals surface area (Å²) >= 11 is 0. The van der Waals surface area contributed by atoms with Crippen molar-refractivity contribution in [1.29, 1.82) is 0 Å². The highest BCUT2D eigenvalue weighted by Gasteiger charge is 2.23. The first kappa shape index (κ1) is 14.6. The van der Waals surface area contributed by atoms with Crippen LogP contribution in [-0.4, -0.2) is 34.4 Å². The third-order valence-corrected chi connectivity index (χ3v) is 4.39. The molecule has 0 fully saturated rings. The summed E-state index contributed by atoms with van der Waals surface area (Å²) in [5, 5.41) is 7.58. The van der Waals surface area contributed by atoms with Gasteiger partial charge in [0.25, 0.3) is 0 Å². The first-order valence-electron chi connectivity index (χ1n) is 6.25. The van der Waals surface area contributed by atoms with Crippen LogP contribution < -0.4 is 4.72 Å². The zero-order valence-corrected chi connectivity index (χ0v) is 12.2. The first-order valence-corrected chi connectivity index (χ1v) is 7.74. The van der Waals surface area contributed by atoms with Crippen molar-refractivity contribution in [3.63, 3.8) is 0 Å². The van der Waals surface area contributed by atoms with E-state index in [2.05, 4.69) is 20.0 Å². The Kier molecular flexibility index (Phi) is 4.46. The molecule has 0 aromatic carbocycles. The number of sulfonamides is 1. The molecule has 8 heteroatoms. The Hall–Kier alpha value is -1.80. The fourth-order valence-electron chi connectivity index (χ4n) is 1.69. The molecule has 2 aromatic rings. The Balaban J connectivity index is 2.16. The van der Waals surface area contributed by atoms with Gasteiger partial charge in [0.15, 0.2) is 0 Å². The molecule has 2 rings (SSSR count). The lowest BCUT2D eigenvalue weighted by molar-refractivity contribution is 0.378. The normalized spacial score (nSPS) is 13.6. The van der Waals surface area contributed by atoms with E-state index in [0.29, 0.717) is 6.54 Å².